The van der Waals surface area contributed by atoms with E-state index in [4.69, 9.17) is 4.42 Å². The summed E-state index contributed by atoms with van der Waals surface area (Å²) in [5.74, 6) is 0.827. The van der Waals surface area contributed by atoms with Crippen LogP contribution in [0.4, 0.5) is 0 Å². The number of nitrogens with one attached hydrogen (secondary N) is 3. The zero-order valence-electron chi connectivity index (χ0n) is 17.0. The first-order valence-electron chi connectivity index (χ1n) is 9.66. The van der Waals surface area contributed by atoms with Gasteiger partial charge in [0.25, 0.3) is 5.91 Å². The van der Waals surface area contributed by atoms with E-state index in [9.17, 15) is 9.90 Å². The minimum Gasteiger partial charge on any atom is -0.459 e. The van der Waals surface area contributed by atoms with Crippen molar-refractivity contribution in [2.45, 2.75) is 26.2 Å². The van der Waals surface area contributed by atoms with Crippen molar-refractivity contribution in [3.05, 3.63) is 59.5 Å². The van der Waals surface area contributed by atoms with Crippen LogP contribution in [0.3, 0.4) is 0 Å². The minimum atomic E-state index is -0.197. The van der Waals surface area contributed by atoms with Crippen molar-refractivity contribution < 1.29 is 14.3 Å². The Balaban J connectivity index is 0.00000420. The molecule has 1 heterocycles. The molecule has 1 unspecified atom stereocenters. The largest absolute Gasteiger partial charge is 0.459 e. The molecule has 29 heavy (non-hydrogen) atoms. The maximum atomic E-state index is 12.0. The predicted octanol–water partition coefficient (Wildman–Crippen LogP) is 2.66. The van der Waals surface area contributed by atoms with Crippen LogP contribution < -0.4 is 16.0 Å². The Bertz CT molecular complexity index is 749. The quantitative estimate of drug-likeness (QED) is 0.169. The van der Waals surface area contributed by atoms with Crippen molar-refractivity contribution in [1.82, 2.24) is 16.0 Å². The molecule has 7 nitrogen and oxygen atoms in total. The van der Waals surface area contributed by atoms with Crippen molar-refractivity contribution in [3.8, 4) is 0 Å². The number of hydrogen-bond acceptors (Lipinski definition) is 4. The second-order valence-corrected chi connectivity index (χ2v) is 6.48. The van der Waals surface area contributed by atoms with Crippen LogP contribution >= 0.6 is 24.0 Å². The number of hydrogen-bond donors (Lipinski definition) is 4. The summed E-state index contributed by atoms with van der Waals surface area (Å²) >= 11 is 0. The van der Waals surface area contributed by atoms with Gasteiger partial charge in [0.05, 0.1) is 19.4 Å². The van der Waals surface area contributed by atoms with Crippen LogP contribution in [0.25, 0.3) is 0 Å². The van der Waals surface area contributed by atoms with Gasteiger partial charge in [0.2, 0.25) is 0 Å². The van der Waals surface area contributed by atoms with Crippen molar-refractivity contribution in [1.29, 1.82) is 0 Å². The number of guanidine groups is 1. The van der Waals surface area contributed by atoms with Crippen LogP contribution in [0.5, 0.6) is 0 Å². The second-order valence-electron chi connectivity index (χ2n) is 6.48. The molecule has 1 aromatic carbocycles. The maximum absolute atomic E-state index is 12.0. The van der Waals surface area contributed by atoms with Gasteiger partial charge in [-0.1, -0.05) is 30.3 Å². The first-order valence-corrected chi connectivity index (χ1v) is 9.66. The zero-order chi connectivity index (χ0) is 20.2. The summed E-state index contributed by atoms with van der Waals surface area (Å²) in [6.45, 7) is 6.33. The molecule has 0 saturated carbocycles. The maximum Gasteiger partial charge on any atom is 0.287 e. The fourth-order valence-electron chi connectivity index (χ4n) is 2.72. The number of nitrogens with zero attached hydrogens (tertiary/aromatic N) is 1. The number of aliphatic hydroxyl groups excluding tert-OH is 1. The lowest BCUT2D eigenvalue weighted by Crippen LogP contribution is -2.39. The highest BCUT2D eigenvalue weighted by atomic mass is 127. The van der Waals surface area contributed by atoms with Gasteiger partial charge >= 0.3 is 0 Å². The van der Waals surface area contributed by atoms with E-state index in [1.165, 1.54) is 6.26 Å². The molecule has 0 aliphatic rings. The van der Waals surface area contributed by atoms with Crippen LogP contribution in [-0.2, 0) is 0 Å². The second kappa shape index (κ2) is 14.0. The molecule has 0 spiro atoms. The van der Waals surface area contributed by atoms with E-state index in [1.807, 2.05) is 44.2 Å². The number of halogens is 1. The van der Waals surface area contributed by atoms with Crippen molar-refractivity contribution >= 4 is 35.8 Å². The summed E-state index contributed by atoms with van der Waals surface area (Å²) in [4.78, 5) is 16.6. The summed E-state index contributed by atoms with van der Waals surface area (Å²) in [5, 5.41) is 19.0. The number of amides is 1. The highest BCUT2D eigenvalue weighted by molar-refractivity contribution is 14.0. The van der Waals surface area contributed by atoms with Gasteiger partial charge < -0.3 is 25.5 Å². The fourth-order valence-corrected chi connectivity index (χ4v) is 2.72. The van der Waals surface area contributed by atoms with Crippen molar-refractivity contribution in [2.75, 3.05) is 32.8 Å². The van der Waals surface area contributed by atoms with E-state index < -0.39 is 0 Å². The zero-order valence-corrected chi connectivity index (χ0v) is 19.3. The van der Waals surface area contributed by atoms with Crippen LogP contribution in [0.15, 0.2) is 52.1 Å². The minimum absolute atomic E-state index is 0. The van der Waals surface area contributed by atoms with Crippen LogP contribution in [0, 0.1) is 6.92 Å². The Hall–Kier alpha value is -2.07. The molecule has 2 aromatic rings. The molecule has 1 aromatic heterocycles. The van der Waals surface area contributed by atoms with Gasteiger partial charge in [-0.15, -0.1) is 24.0 Å². The molecule has 1 amide bonds. The molecule has 0 fully saturated rings. The SMILES string of the molecule is CCNC(=NCC(CO)c1ccccc1)NCCCNC(=O)c1occc1C.I. The number of carbonyl (C=O) groups is 1. The van der Waals surface area contributed by atoms with Crippen LogP contribution in [-0.4, -0.2) is 49.8 Å². The molecule has 4 N–H and O–H groups in total. The predicted molar refractivity (Wildman–Crippen MR) is 126 cm³/mol. The number of rotatable bonds is 10. The van der Waals surface area contributed by atoms with Gasteiger partial charge in [-0.05, 0) is 31.9 Å². The summed E-state index contributed by atoms with van der Waals surface area (Å²) < 4.78 is 5.18. The molecule has 2 rings (SSSR count). The summed E-state index contributed by atoms with van der Waals surface area (Å²) in [7, 11) is 0. The Morgan fingerprint density at radius 1 is 1.14 bits per heavy atom. The van der Waals surface area contributed by atoms with E-state index in [0.717, 1.165) is 24.1 Å². The monoisotopic (exact) mass is 514 g/mol. The van der Waals surface area contributed by atoms with Gasteiger partial charge in [-0.25, -0.2) is 0 Å². The van der Waals surface area contributed by atoms with Gasteiger partial charge in [-0.3, -0.25) is 9.79 Å². The summed E-state index contributed by atoms with van der Waals surface area (Å²) in [6.07, 6.45) is 2.26. The molecule has 0 radical (unpaired) electrons. The first-order chi connectivity index (χ1) is 13.7. The number of aryl methyl sites for hydroxylation is 1. The lowest BCUT2D eigenvalue weighted by atomic mass is 10.0. The molecule has 0 saturated heterocycles. The number of aliphatic hydroxyl groups is 1. The Morgan fingerprint density at radius 2 is 1.86 bits per heavy atom. The van der Waals surface area contributed by atoms with Gasteiger partial charge in [0.15, 0.2) is 11.7 Å². The third-order valence-electron chi connectivity index (χ3n) is 4.31. The first kappa shape index (κ1) is 25.0. The molecule has 160 valence electrons. The third-order valence-corrected chi connectivity index (χ3v) is 4.31. The standard InChI is InChI=1S/C21H30N4O3.HI/c1-3-22-21(25-14-18(15-26)17-8-5-4-6-9-17)24-12-7-11-23-20(27)19-16(2)10-13-28-19;/h4-6,8-10,13,18,26H,3,7,11-12,14-15H2,1-2H3,(H,23,27)(H2,22,24,25);1H. The normalized spacial score (nSPS) is 12.0. The Labute approximate surface area is 189 Å². The highest BCUT2D eigenvalue weighted by Crippen LogP contribution is 2.14. The Morgan fingerprint density at radius 3 is 2.48 bits per heavy atom. The number of carbonyl (C=O) groups excluding carboxylic acids is 1. The molecule has 0 aliphatic carbocycles. The molecular formula is C21H31IN4O3. The number of furan rings is 1. The highest BCUT2D eigenvalue weighted by Gasteiger charge is 2.12. The molecule has 0 bridgehead atoms. The molecule has 0 aliphatic heterocycles. The van der Waals surface area contributed by atoms with E-state index >= 15 is 0 Å². The van der Waals surface area contributed by atoms with Crippen molar-refractivity contribution in [3.63, 3.8) is 0 Å². The summed E-state index contributed by atoms with van der Waals surface area (Å²) in [5.41, 5.74) is 1.90. The molecular weight excluding hydrogens is 483 g/mol. The van der Waals surface area contributed by atoms with E-state index in [-0.39, 0.29) is 42.4 Å². The third kappa shape index (κ3) is 8.45. The van der Waals surface area contributed by atoms with Gasteiger partial charge in [0.1, 0.15) is 0 Å². The van der Waals surface area contributed by atoms with Crippen molar-refractivity contribution in [2.24, 2.45) is 4.99 Å². The lowest BCUT2D eigenvalue weighted by Gasteiger charge is -2.15. The van der Waals surface area contributed by atoms with E-state index in [0.29, 0.717) is 31.4 Å². The number of aliphatic imine (C=N–C) groups is 1. The Kier molecular flexibility index (Phi) is 12.1. The molecule has 1 atom stereocenters. The topological polar surface area (TPSA) is 98.9 Å². The van der Waals surface area contributed by atoms with Crippen LogP contribution in [0.1, 0.15) is 40.9 Å². The average molecular weight is 514 g/mol. The van der Waals surface area contributed by atoms with E-state index in [2.05, 4.69) is 20.9 Å². The number of benzene rings is 1. The summed E-state index contributed by atoms with van der Waals surface area (Å²) in [6, 6.07) is 11.7. The van der Waals surface area contributed by atoms with Crippen LogP contribution in [0.2, 0.25) is 0 Å². The average Bonchev–Trinajstić information content (AvgIpc) is 3.14. The van der Waals surface area contributed by atoms with Gasteiger partial charge in [0, 0.05) is 31.1 Å². The molecule has 8 heteroatoms. The van der Waals surface area contributed by atoms with E-state index in [1.54, 1.807) is 6.07 Å². The fraction of sp³-hybridized carbons (Fsp3) is 0.429. The smallest absolute Gasteiger partial charge is 0.287 e. The van der Waals surface area contributed by atoms with Gasteiger partial charge in [-0.2, -0.15) is 0 Å². The lowest BCUT2D eigenvalue weighted by molar-refractivity contribution is 0.0925.